The minimum absolute atomic E-state index is 0.0320. The summed E-state index contributed by atoms with van der Waals surface area (Å²) in [5.74, 6) is -0.220. The van der Waals surface area contributed by atoms with Crippen molar-refractivity contribution >= 4 is 5.97 Å². The van der Waals surface area contributed by atoms with Gasteiger partial charge in [-0.1, -0.05) is 5.16 Å². The Bertz CT molecular complexity index is 372. The van der Waals surface area contributed by atoms with Crippen LogP contribution in [0.3, 0.4) is 0 Å². The maximum atomic E-state index is 10.3. The number of ether oxygens (including phenoxy) is 1. The van der Waals surface area contributed by atoms with E-state index in [1.54, 1.807) is 0 Å². The number of nitrogens with two attached hydrogens (primary N) is 1. The van der Waals surface area contributed by atoms with Gasteiger partial charge in [-0.3, -0.25) is 4.79 Å². The van der Waals surface area contributed by atoms with Crippen LogP contribution >= 0.6 is 0 Å². The van der Waals surface area contributed by atoms with Crippen LogP contribution in [0.15, 0.2) is 4.52 Å². The minimum atomic E-state index is -0.899. The second kappa shape index (κ2) is 3.59. The lowest BCUT2D eigenvalue weighted by Gasteiger charge is -2.34. The Kier molecular flexibility index (Phi) is 2.41. The molecule has 2 heterocycles. The van der Waals surface area contributed by atoms with Crippen LogP contribution in [0.2, 0.25) is 0 Å². The minimum Gasteiger partial charge on any atom is -0.481 e. The van der Waals surface area contributed by atoms with Crippen molar-refractivity contribution in [3.63, 3.8) is 0 Å². The van der Waals surface area contributed by atoms with Crippen molar-refractivity contribution < 1.29 is 19.2 Å². The highest BCUT2D eigenvalue weighted by Crippen LogP contribution is 2.23. The van der Waals surface area contributed by atoms with Gasteiger partial charge in [-0.25, -0.2) is 0 Å². The summed E-state index contributed by atoms with van der Waals surface area (Å²) in [6.07, 6.45) is 0.189. The second-order valence-electron chi connectivity index (χ2n) is 3.55. The highest BCUT2D eigenvalue weighted by Gasteiger charge is 2.40. The molecule has 1 aliphatic rings. The molecular formula is C8H11N3O4. The first kappa shape index (κ1) is 10.1. The van der Waals surface area contributed by atoms with E-state index in [0.29, 0.717) is 24.9 Å². The van der Waals surface area contributed by atoms with Gasteiger partial charge in [0, 0.05) is 6.42 Å². The summed E-state index contributed by atoms with van der Waals surface area (Å²) in [4.78, 5) is 14.3. The SMILES string of the molecule is NC1(c2noc(CCC(=O)O)n2)COC1. The van der Waals surface area contributed by atoms with Crippen molar-refractivity contribution in [1.29, 1.82) is 0 Å². The average Bonchev–Trinajstić information content (AvgIpc) is 2.59. The highest BCUT2D eigenvalue weighted by molar-refractivity contribution is 5.66. The highest BCUT2D eigenvalue weighted by atomic mass is 16.5. The van der Waals surface area contributed by atoms with E-state index in [4.69, 9.17) is 20.1 Å². The molecule has 1 aromatic rings. The van der Waals surface area contributed by atoms with E-state index in [-0.39, 0.29) is 12.8 Å². The molecular weight excluding hydrogens is 202 g/mol. The van der Waals surface area contributed by atoms with Crippen LogP contribution in [-0.2, 0) is 21.5 Å². The van der Waals surface area contributed by atoms with E-state index in [2.05, 4.69) is 10.1 Å². The molecule has 82 valence electrons. The van der Waals surface area contributed by atoms with E-state index in [9.17, 15) is 4.79 Å². The van der Waals surface area contributed by atoms with Gasteiger partial charge in [0.25, 0.3) is 0 Å². The molecule has 0 saturated carbocycles. The lowest BCUT2D eigenvalue weighted by Crippen LogP contribution is -2.55. The number of rotatable bonds is 4. The van der Waals surface area contributed by atoms with Gasteiger partial charge in [0.05, 0.1) is 19.6 Å². The van der Waals surface area contributed by atoms with Crippen molar-refractivity contribution in [3.8, 4) is 0 Å². The molecule has 1 aromatic heterocycles. The molecule has 1 fully saturated rings. The maximum Gasteiger partial charge on any atom is 0.303 e. The van der Waals surface area contributed by atoms with Gasteiger partial charge in [-0.2, -0.15) is 4.98 Å². The largest absolute Gasteiger partial charge is 0.481 e. The molecule has 0 aromatic carbocycles. The van der Waals surface area contributed by atoms with Crippen LogP contribution in [0.25, 0.3) is 0 Å². The molecule has 0 bridgehead atoms. The number of aryl methyl sites for hydroxylation is 1. The fourth-order valence-corrected chi connectivity index (χ4v) is 1.22. The quantitative estimate of drug-likeness (QED) is 0.678. The van der Waals surface area contributed by atoms with E-state index in [1.165, 1.54) is 0 Å². The third-order valence-electron chi connectivity index (χ3n) is 2.19. The normalized spacial score (nSPS) is 18.5. The molecule has 0 unspecified atom stereocenters. The second-order valence-corrected chi connectivity index (χ2v) is 3.55. The van der Waals surface area contributed by atoms with E-state index >= 15 is 0 Å². The number of hydrogen-bond donors (Lipinski definition) is 2. The first-order valence-electron chi connectivity index (χ1n) is 4.52. The Balaban J connectivity index is 2.00. The summed E-state index contributed by atoms with van der Waals surface area (Å²) in [5.41, 5.74) is 5.21. The average molecular weight is 213 g/mol. The van der Waals surface area contributed by atoms with Gasteiger partial charge >= 0.3 is 5.97 Å². The monoisotopic (exact) mass is 213 g/mol. The zero-order valence-corrected chi connectivity index (χ0v) is 7.97. The summed E-state index contributed by atoms with van der Waals surface area (Å²) >= 11 is 0. The van der Waals surface area contributed by atoms with Crippen LogP contribution in [0.5, 0.6) is 0 Å². The van der Waals surface area contributed by atoms with Crippen LogP contribution < -0.4 is 5.73 Å². The number of hydrogen-bond acceptors (Lipinski definition) is 6. The first-order chi connectivity index (χ1) is 7.10. The molecule has 15 heavy (non-hydrogen) atoms. The van der Waals surface area contributed by atoms with Crippen LogP contribution in [0.1, 0.15) is 18.1 Å². The third kappa shape index (κ3) is 1.97. The Morgan fingerprint density at radius 3 is 2.87 bits per heavy atom. The molecule has 7 nitrogen and oxygen atoms in total. The maximum absolute atomic E-state index is 10.3. The van der Waals surface area contributed by atoms with Crippen molar-refractivity contribution in [2.45, 2.75) is 18.4 Å². The molecule has 1 aliphatic heterocycles. The fraction of sp³-hybridized carbons (Fsp3) is 0.625. The molecule has 2 rings (SSSR count). The van der Waals surface area contributed by atoms with Crippen LogP contribution in [0.4, 0.5) is 0 Å². The van der Waals surface area contributed by atoms with Crippen molar-refractivity contribution in [3.05, 3.63) is 11.7 Å². The summed E-state index contributed by atoms with van der Waals surface area (Å²) in [6, 6.07) is 0. The molecule has 0 spiro atoms. The van der Waals surface area contributed by atoms with Gasteiger partial charge in [0.2, 0.25) is 5.89 Å². The molecule has 3 N–H and O–H groups in total. The Hall–Kier alpha value is -1.47. The predicted molar refractivity (Wildman–Crippen MR) is 46.9 cm³/mol. The molecule has 0 radical (unpaired) electrons. The van der Waals surface area contributed by atoms with Gasteiger partial charge in [-0.15, -0.1) is 0 Å². The van der Waals surface area contributed by atoms with E-state index < -0.39 is 11.5 Å². The number of nitrogens with zero attached hydrogens (tertiary/aromatic N) is 2. The molecule has 0 atom stereocenters. The molecule has 1 saturated heterocycles. The summed E-state index contributed by atoms with van der Waals surface area (Å²) in [6.45, 7) is 0.732. The Morgan fingerprint density at radius 2 is 2.33 bits per heavy atom. The standard InChI is InChI=1S/C8H11N3O4/c9-8(3-14-4-8)7-10-5(15-11-7)1-2-6(12)13/h1-4,9H2,(H,12,13). The zero-order valence-electron chi connectivity index (χ0n) is 7.97. The van der Waals surface area contributed by atoms with Gasteiger partial charge in [-0.05, 0) is 0 Å². The Morgan fingerprint density at radius 1 is 1.60 bits per heavy atom. The zero-order chi connectivity index (χ0) is 10.9. The van der Waals surface area contributed by atoms with Crippen molar-refractivity contribution in [2.75, 3.05) is 13.2 Å². The van der Waals surface area contributed by atoms with E-state index in [0.717, 1.165) is 0 Å². The van der Waals surface area contributed by atoms with Crippen molar-refractivity contribution in [1.82, 2.24) is 10.1 Å². The summed E-state index contributed by atoms with van der Waals surface area (Å²) in [5, 5.41) is 12.2. The molecule has 0 amide bonds. The number of carboxylic acids is 1. The smallest absolute Gasteiger partial charge is 0.303 e. The number of aliphatic carboxylic acids is 1. The van der Waals surface area contributed by atoms with Gasteiger partial charge < -0.3 is 20.1 Å². The fourth-order valence-electron chi connectivity index (χ4n) is 1.22. The first-order valence-corrected chi connectivity index (χ1v) is 4.52. The van der Waals surface area contributed by atoms with Gasteiger partial charge in [0.1, 0.15) is 5.54 Å². The number of carboxylic acid groups (broad SMARTS) is 1. The van der Waals surface area contributed by atoms with Crippen LogP contribution in [-0.4, -0.2) is 34.4 Å². The number of carbonyl (C=O) groups is 1. The third-order valence-corrected chi connectivity index (χ3v) is 2.19. The lowest BCUT2D eigenvalue weighted by atomic mass is 9.99. The Labute approximate surface area is 85.2 Å². The van der Waals surface area contributed by atoms with Gasteiger partial charge in [0.15, 0.2) is 5.82 Å². The molecule has 7 heteroatoms. The topological polar surface area (TPSA) is 111 Å². The lowest BCUT2D eigenvalue weighted by molar-refractivity contribution is -0.137. The van der Waals surface area contributed by atoms with Crippen LogP contribution in [0, 0.1) is 0 Å². The van der Waals surface area contributed by atoms with Crippen molar-refractivity contribution in [2.24, 2.45) is 5.73 Å². The summed E-state index contributed by atoms with van der Waals surface area (Å²) < 4.78 is 9.84. The summed E-state index contributed by atoms with van der Waals surface area (Å²) in [7, 11) is 0. The number of aromatic nitrogens is 2. The van der Waals surface area contributed by atoms with E-state index in [1.807, 2.05) is 0 Å². The molecule has 0 aliphatic carbocycles. The predicted octanol–water partition coefficient (Wildman–Crippen LogP) is -0.729.